The number of nitrogens with zero attached hydrogens (tertiary/aromatic N) is 4. The van der Waals surface area contributed by atoms with Crippen molar-refractivity contribution in [1.29, 1.82) is 0 Å². The molecule has 34 heavy (non-hydrogen) atoms. The summed E-state index contributed by atoms with van der Waals surface area (Å²) in [7, 11) is 0. The van der Waals surface area contributed by atoms with Gasteiger partial charge in [0, 0.05) is 55.1 Å². The van der Waals surface area contributed by atoms with Gasteiger partial charge in [-0.25, -0.2) is 15.0 Å². The zero-order valence-electron chi connectivity index (χ0n) is 19.2. The number of benzene rings is 1. The molecular formula is C24H29N7O3. The average Bonchev–Trinajstić information content (AvgIpc) is 3.02. The number of aromatic nitrogens is 2. The van der Waals surface area contributed by atoms with Crippen LogP contribution in [0.4, 0.5) is 5.69 Å². The number of amides is 2. The highest BCUT2D eigenvalue weighted by molar-refractivity contribution is 6.05. The molecule has 1 unspecified atom stereocenters. The van der Waals surface area contributed by atoms with Crippen LogP contribution in [-0.4, -0.2) is 64.9 Å². The van der Waals surface area contributed by atoms with Gasteiger partial charge in [-0.3, -0.25) is 9.59 Å². The van der Waals surface area contributed by atoms with Crippen LogP contribution in [0, 0.1) is 0 Å². The molecule has 2 aliphatic rings. The summed E-state index contributed by atoms with van der Waals surface area (Å²) in [4.78, 5) is 39.7. The van der Waals surface area contributed by atoms with E-state index in [1.807, 2.05) is 31.2 Å². The molecule has 0 saturated carbocycles. The van der Waals surface area contributed by atoms with Gasteiger partial charge in [0.1, 0.15) is 18.3 Å². The first-order chi connectivity index (χ1) is 16.5. The van der Waals surface area contributed by atoms with Gasteiger partial charge in [-0.2, -0.15) is 0 Å². The van der Waals surface area contributed by atoms with Crippen LogP contribution in [0.2, 0.25) is 0 Å². The van der Waals surface area contributed by atoms with Gasteiger partial charge in [-0.1, -0.05) is 19.1 Å². The van der Waals surface area contributed by atoms with Crippen LogP contribution in [0.5, 0.6) is 0 Å². The van der Waals surface area contributed by atoms with E-state index in [4.69, 9.17) is 16.2 Å². The van der Waals surface area contributed by atoms with Gasteiger partial charge in [0.2, 0.25) is 11.8 Å². The summed E-state index contributed by atoms with van der Waals surface area (Å²) in [6.07, 6.45) is 6.11. The minimum absolute atomic E-state index is 0.0107. The maximum Gasteiger partial charge on any atom is 0.250 e. The first-order valence-corrected chi connectivity index (χ1v) is 11.3. The zero-order valence-corrected chi connectivity index (χ0v) is 19.2. The van der Waals surface area contributed by atoms with Crippen LogP contribution < -0.4 is 16.8 Å². The SMILES string of the molecule is CCCN(CC1CNC(=O)CO1)C(=O)C1=Cc2ccc(-c3cnc(CN)nc3)cc2N=C(N)C1. The van der Waals surface area contributed by atoms with Gasteiger partial charge in [-0.05, 0) is 24.1 Å². The number of ether oxygens (including phenoxy) is 1. The Kier molecular flexibility index (Phi) is 7.29. The van der Waals surface area contributed by atoms with E-state index in [0.717, 1.165) is 23.1 Å². The lowest BCUT2D eigenvalue weighted by Crippen LogP contribution is -2.49. The molecule has 10 heteroatoms. The van der Waals surface area contributed by atoms with Crippen molar-refractivity contribution in [3.05, 3.63) is 47.6 Å². The third-order valence-electron chi connectivity index (χ3n) is 5.67. The Morgan fingerprint density at radius 3 is 2.74 bits per heavy atom. The van der Waals surface area contributed by atoms with E-state index in [1.54, 1.807) is 17.3 Å². The van der Waals surface area contributed by atoms with Crippen LogP contribution in [0.15, 0.2) is 41.2 Å². The van der Waals surface area contributed by atoms with Crippen molar-refractivity contribution < 1.29 is 14.3 Å². The zero-order chi connectivity index (χ0) is 24.1. The molecule has 5 N–H and O–H groups in total. The predicted molar refractivity (Wildman–Crippen MR) is 129 cm³/mol. The molecule has 1 atom stereocenters. The van der Waals surface area contributed by atoms with E-state index < -0.39 is 0 Å². The Morgan fingerprint density at radius 2 is 2.06 bits per heavy atom. The minimum atomic E-state index is -0.242. The number of hydrogen-bond donors (Lipinski definition) is 3. The fourth-order valence-electron chi connectivity index (χ4n) is 3.96. The molecule has 2 aliphatic heterocycles. The van der Waals surface area contributed by atoms with Crippen LogP contribution in [0.25, 0.3) is 17.2 Å². The monoisotopic (exact) mass is 463 g/mol. The average molecular weight is 464 g/mol. The van der Waals surface area contributed by atoms with Crippen molar-refractivity contribution in [3.63, 3.8) is 0 Å². The highest BCUT2D eigenvalue weighted by Crippen LogP contribution is 2.31. The Morgan fingerprint density at radius 1 is 1.26 bits per heavy atom. The fourth-order valence-corrected chi connectivity index (χ4v) is 3.96. The van der Waals surface area contributed by atoms with Crippen LogP contribution >= 0.6 is 0 Å². The highest BCUT2D eigenvalue weighted by atomic mass is 16.5. The van der Waals surface area contributed by atoms with Gasteiger partial charge in [-0.15, -0.1) is 0 Å². The number of aliphatic imine (C=N–C) groups is 1. The number of carbonyl (C=O) groups is 2. The summed E-state index contributed by atoms with van der Waals surface area (Å²) in [5, 5.41) is 2.78. The first-order valence-electron chi connectivity index (χ1n) is 11.3. The van der Waals surface area contributed by atoms with Gasteiger partial charge >= 0.3 is 0 Å². The molecule has 2 amide bonds. The van der Waals surface area contributed by atoms with E-state index in [2.05, 4.69) is 20.3 Å². The molecule has 0 aliphatic carbocycles. The van der Waals surface area contributed by atoms with E-state index >= 15 is 0 Å². The summed E-state index contributed by atoms with van der Waals surface area (Å²) in [5.74, 6) is 0.688. The van der Waals surface area contributed by atoms with Gasteiger partial charge in [0.25, 0.3) is 0 Å². The Hall–Kier alpha value is -3.63. The van der Waals surface area contributed by atoms with Gasteiger partial charge in [0.15, 0.2) is 0 Å². The molecule has 2 aromatic rings. The molecule has 1 aromatic carbocycles. The molecule has 4 rings (SSSR count). The van der Waals surface area contributed by atoms with Crippen molar-refractivity contribution in [1.82, 2.24) is 20.2 Å². The van der Waals surface area contributed by atoms with Crippen molar-refractivity contribution in [2.75, 3.05) is 26.2 Å². The fraction of sp³-hybridized carbons (Fsp3) is 0.375. The van der Waals surface area contributed by atoms with Gasteiger partial charge in [0.05, 0.1) is 18.3 Å². The Labute approximate surface area is 198 Å². The van der Waals surface area contributed by atoms with Gasteiger partial charge < -0.3 is 26.4 Å². The molecular weight excluding hydrogens is 434 g/mol. The second-order valence-corrected chi connectivity index (χ2v) is 8.30. The van der Waals surface area contributed by atoms with E-state index in [1.165, 1.54) is 0 Å². The number of amidine groups is 1. The Bertz CT molecular complexity index is 1120. The number of carbonyl (C=O) groups excluding carboxylic acids is 2. The summed E-state index contributed by atoms with van der Waals surface area (Å²) >= 11 is 0. The number of fused-ring (bicyclic) bond motifs is 1. The highest BCUT2D eigenvalue weighted by Gasteiger charge is 2.26. The quantitative estimate of drug-likeness (QED) is 0.557. The molecule has 10 nitrogen and oxygen atoms in total. The second kappa shape index (κ2) is 10.5. The number of hydrogen-bond acceptors (Lipinski definition) is 8. The molecule has 3 heterocycles. The maximum absolute atomic E-state index is 13.5. The van der Waals surface area contributed by atoms with E-state index in [-0.39, 0.29) is 37.5 Å². The first kappa shape index (κ1) is 23.5. The van der Waals surface area contributed by atoms with E-state index in [0.29, 0.717) is 42.6 Å². The molecule has 0 spiro atoms. The van der Waals surface area contributed by atoms with E-state index in [9.17, 15) is 9.59 Å². The molecule has 1 fully saturated rings. The minimum Gasteiger partial charge on any atom is -0.387 e. The van der Waals surface area contributed by atoms with Crippen LogP contribution in [0.1, 0.15) is 31.2 Å². The number of nitrogens with two attached hydrogens (primary N) is 2. The third-order valence-corrected chi connectivity index (χ3v) is 5.67. The molecule has 178 valence electrons. The molecule has 0 bridgehead atoms. The number of rotatable bonds is 7. The lowest BCUT2D eigenvalue weighted by Gasteiger charge is -2.30. The lowest BCUT2D eigenvalue weighted by atomic mass is 10.0. The maximum atomic E-state index is 13.5. The normalized spacial score (nSPS) is 17.7. The van der Waals surface area contributed by atoms with Crippen molar-refractivity contribution in [2.24, 2.45) is 16.5 Å². The molecule has 1 saturated heterocycles. The second-order valence-electron chi connectivity index (χ2n) is 8.30. The molecule has 1 aromatic heterocycles. The van der Waals surface area contributed by atoms with Crippen LogP contribution in [-0.2, 0) is 20.9 Å². The van der Waals surface area contributed by atoms with Crippen LogP contribution in [0.3, 0.4) is 0 Å². The summed E-state index contributed by atoms with van der Waals surface area (Å²) < 4.78 is 5.59. The number of morpholine rings is 1. The summed E-state index contributed by atoms with van der Waals surface area (Å²) in [5.41, 5.74) is 15.6. The summed E-state index contributed by atoms with van der Waals surface area (Å²) in [6.45, 7) is 3.66. The van der Waals surface area contributed by atoms with Crippen molar-refractivity contribution in [3.8, 4) is 11.1 Å². The molecule has 0 radical (unpaired) electrons. The smallest absolute Gasteiger partial charge is 0.250 e. The largest absolute Gasteiger partial charge is 0.387 e. The number of nitrogens with one attached hydrogen (secondary N) is 1. The Balaban J connectivity index is 1.58. The predicted octanol–water partition coefficient (Wildman–Crippen LogP) is 1.13. The topological polar surface area (TPSA) is 149 Å². The lowest BCUT2D eigenvalue weighted by molar-refractivity contribution is -0.136. The summed E-state index contributed by atoms with van der Waals surface area (Å²) in [6, 6.07) is 5.77. The van der Waals surface area contributed by atoms with Crippen molar-refractivity contribution in [2.45, 2.75) is 32.4 Å². The third kappa shape index (κ3) is 5.46. The standard InChI is InChI=1S/C24H29N7O3/c1-2-5-31(13-19-12-29-23(32)14-34-19)24(33)17-6-16-4-3-15(7-20(16)30-21(26)8-17)18-10-27-22(9-25)28-11-18/h3-4,6-7,10-11,19H,2,5,8-9,12-14,25H2,1H3,(H2,26,30)(H,29,32). The van der Waals surface area contributed by atoms with Crippen molar-refractivity contribution >= 4 is 29.4 Å².